The van der Waals surface area contributed by atoms with Crippen molar-refractivity contribution in [1.29, 1.82) is 0 Å². The second-order valence-electron chi connectivity index (χ2n) is 6.35. The lowest BCUT2D eigenvalue weighted by Crippen LogP contribution is -2.30. The summed E-state index contributed by atoms with van der Waals surface area (Å²) in [4.78, 5) is 24.4. The van der Waals surface area contributed by atoms with E-state index in [9.17, 15) is 9.59 Å². The minimum Gasteiger partial charge on any atom is -0.458 e. The van der Waals surface area contributed by atoms with Gasteiger partial charge in [-0.3, -0.25) is 0 Å². The third-order valence-electron chi connectivity index (χ3n) is 3.97. The van der Waals surface area contributed by atoms with Gasteiger partial charge in [0.15, 0.2) is 6.10 Å². The van der Waals surface area contributed by atoms with Crippen molar-refractivity contribution in [2.75, 3.05) is 31.8 Å². The van der Waals surface area contributed by atoms with E-state index in [1.165, 1.54) is 0 Å². The summed E-state index contributed by atoms with van der Waals surface area (Å²) in [6.07, 6.45) is 2.24. The van der Waals surface area contributed by atoms with Crippen molar-refractivity contribution >= 4 is 34.5 Å². The van der Waals surface area contributed by atoms with E-state index in [1.54, 1.807) is 24.8 Å². The number of benzene rings is 2. The minimum absolute atomic E-state index is 0.0786. The van der Waals surface area contributed by atoms with Crippen molar-refractivity contribution in [3.8, 4) is 0 Å². The van der Waals surface area contributed by atoms with Crippen LogP contribution >= 0.6 is 11.8 Å². The molecule has 0 N–H and O–H groups in total. The predicted octanol–water partition coefficient (Wildman–Crippen LogP) is 4.25. The Morgan fingerprint density at radius 3 is 2.61 bits per heavy atom. The second kappa shape index (κ2) is 11.5. The Balaban J connectivity index is 2.04. The van der Waals surface area contributed by atoms with Crippen LogP contribution in [-0.4, -0.2) is 49.9 Å². The van der Waals surface area contributed by atoms with Gasteiger partial charge in [0.05, 0.1) is 12.2 Å². The van der Waals surface area contributed by atoms with Crippen molar-refractivity contribution in [2.24, 2.45) is 0 Å². The van der Waals surface area contributed by atoms with Crippen molar-refractivity contribution in [3.63, 3.8) is 0 Å². The van der Waals surface area contributed by atoms with Crippen LogP contribution in [0.5, 0.6) is 0 Å². The third kappa shape index (κ3) is 6.69. The summed E-state index contributed by atoms with van der Waals surface area (Å²) in [7, 11) is 0. The van der Waals surface area contributed by atoms with Crippen LogP contribution in [0.2, 0.25) is 0 Å². The zero-order valence-electron chi connectivity index (χ0n) is 16.3. The first-order valence-electron chi connectivity index (χ1n) is 9.11. The fourth-order valence-corrected chi connectivity index (χ4v) is 2.95. The lowest BCUT2D eigenvalue weighted by molar-refractivity contribution is -0.143. The minimum atomic E-state index is -0.691. The molecule has 0 amide bonds. The molecule has 0 aliphatic carbocycles. The molecule has 6 heteroatoms. The van der Waals surface area contributed by atoms with Gasteiger partial charge < -0.3 is 14.2 Å². The number of rotatable bonds is 11. The number of carbonyl (C=O) groups excluding carboxylic acids is 2. The molecule has 2 rings (SSSR count). The summed E-state index contributed by atoms with van der Waals surface area (Å²) < 4.78 is 16.4. The van der Waals surface area contributed by atoms with E-state index < -0.39 is 18.0 Å². The summed E-state index contributed by atoms with van der Waals surface area (Å²) in [5, 5.41) is 1.77. The summed E-state index contributed by atoms with van der Waals surface area (Å²) in [5.41, 5.74) is 0.761. The first-order chi connectivity index (χ1) is 13.5. The van der Waals surface area contributed by atoms with Gasteiger partial charge in [0.1, 0.15) is 6.61 Å². The molecule has 0 aliphatic heterocycles. The van der Waals surface area contributed by atoms with Gasteiger partial charge in [0, 0.05) is 12.2 Å². The molecule has 5 nitrogen and oxygen atoms in total. The number of ether oxygens (including phenoxy) is 3. The number of esters is 2. The molecule has 0 saturated heterocycles. The molecule has 1 unspecified atom stereocenters. The molecule has 0 radical (unpaired) electrons. The van der Waals surface area contributed by atoms with Crippen LogP contribution in [0.1, 0.15) is 23.7 Å². The summed E-state index contributed by atoms with van der Waals surface area (Å²) in [5.74, 6) is -0.0000473. The lowest BCUT2D eigenvalue weighted by Gasteiger charge is -2.19. The summed E-state index contributed by atoms with van der Waals surface area (Å²) in [6.45, 7) is 5.76. The molecule has 0 spiro atoms. The van der Waals surface area contributed by atoms with E-state index in [2.05, 4.69) is 6.58 Å². The molecule has 28 heavy (non-hydrogen) atoms. The Labute approximate surface area is 170 Å². The maximum absolute atomic E-state index is 12.7. The van der Waals surface area contributed by atoms with Gasteiger partial charge in [0.25, 0.3) is 0 Å². The van der Waals surface area contributed by atoms with Gasteiger partial charge >= 0.3 is 11.9 Å². The monoisotopic (exact) mass is 402 g/mol. The van der Waals surface area contributed by atoms with Crippen LogP contribution in [0.15, 0.2) is 54.6 Å². The van der Waals surface area contributed by atoms with Crippen LogP contribution in [0, 0.1) is 0 Å². The van der Waals surface area contributed by atoms with Crippen LogP contribution in [0.3, 0.4) is 0 Å². The fourth-order valence-electron chi connectivity index (χ4n) is 2.55. The van der Waals surface area contributed by atoms with E-state index in [0.29, 0.717) is 17.7 Å². The first-order valence-corrected chi connectivity index (χ1v) is 10.5. The molecule has 0 heterocycles. The number of carbonyl (C=O) groups is 2. The second-order valence-corrected chi connectivity index (χ2v) is 7.34. The molecule has 0 aromatic heterocycles. The smallest absolute Gasteiger partial charge is 0.339 e. The highest BCUT2D eigenvalue weighted by molar-refractivity contribution is 7.98. The zero-order valence-corrected chi connectivity index (χ0v) is 17.1. The Morgan fingerprint density at radius 1 is 1.11 bits per heavy atom. The summed E-state index contributed by atoms with van der Waals surface area (Å²) in [6, 6.07) is 13.1. The predicted molar refractivity (Wildman–Crippen MR) is 113 cm³/mol. The third-order valence-corrected chi connectivity index (χ3v) is 4.67. The number of thioether (sulfide) groups is 1. The van der Waals surface area contributed by atoms with Crippen molar-refractivity contribution < 1.29 is 23.8 Å². The van der Waals surface area contributed by atoms with E-state index in [4.69, 9.17) is 14.2 Å². The Kier molecular flexibility index (Phi) is 9.04. The average Bonchev–Trinajstić information content (AvgIpc) is 2.70. The molecule has 0 fully saturated rings. The first kappa shape index (κ1) is 22.0. The van der Waals surface area contributed by atoms with E-state index in [-0.39, 0.29) is 13.2 Å². The van der Waals surface area contributed by atoms with Gasteiger partial charge in [0.2, 0.25) is 0 Å². The van der Waals surface area contributed by atoms with E-state index in [0.717, 1.165) is 22.9 Å². The maximum atomic E-state index is 12.7. The molecule has 2 aromatic carbocycles. The number of fused-ring (bicyclic) bond motifs is 1. The number of hydrogen-bond acceptors (Lipinski definition) is 6. The standard InChI is InChI=1S/C22H26O5S/c1-16(2)21(23)26-15-18(14-25-12-7-13-28-3)27-22(24)20-11-6-9-17-8-4-5-10-19(17)20/h4-6,8-11,18H,1,7,12-15H2,2-3H3. The lowest BCUT2D eigenvalue weighted by atomic mass is 10.0. The van der Waals surface area contributed by atoms with E-state index in [1.807, 2.05) is 42.7 Å². The van der Waals surface area contributed by atoms with E-state index >= 15 is 0 Å². The topological polar surface area (TPSA) is 61.8 Å². The fraction of sp³-hybridized carbons (Fsp3) is 0.364. The molecular formula is C22H26O5S. The van der Waals surface area contributed by atoms with Gasteiger partial charge in [-0.25, -0.2) is 9.59 Å². The molecule has 1 atom stereocenters. The Hall–Kier alpha value is -2.31. The molecule has 150 valence electrons. The quantitative estimate of drug-likeness (QED) is 0.318. The SMILES string of the molecule is C=C(C)C(=O)OCC(COCCCSC)OC(=O)c1cccc2ccccc12. The van der Waals surface area contributed by atoms with Crippen LogP contribution < -0.4 is 0 Å². The molecular weight excluding hydrogens is 376 g/mol. The van der Waals surface area contributed by atoms with Crippen molar-refractivity contribution in [2.45, 2.75) is 19.4 Å². The highest BCUT2D eigenvalue weighted by atomic mass is 32.2. The molecule has 2 aromatic rings. The van der Waals surface area contributed by atoms with Crippen molar-refractivity contribution in [3.05, 3.63) is 60.2 Å². The van der Waals surface area contributed by atoms with Gasteiger partial charge in [-0.15, -0.1) is 0 Å². The average molecular weight is 403 g/mol. The van der Waals surface area contributed by atoms with Crippen LogP contribution in [-0.2, 0) is 19.0 Å². The highest BCUT2D eigenvalue weighted by Gasteiger charge is 2.20. The summed E-state index contributed by atoms with van der Waals surface area (Å²) >= 11 is 1.74. The molecule has 0 aliphatic rings. The zero-order chi connectivity index (χ0) is 20.4. The Morgan fingerprint density at radius 2 is 1.86 bits per heavy atom. The molecule has 0 saturated carbocycles. The van der Waals surface area contributed by atoms with Crippen LogP contribution in [0.25, 0.3) is 10.8 Å². The largest absolute Gasteiger partial charge is 0.458 e. The van der Waals surface area contributed by atoms with Crippen molar-refractivity contribution in [1.82, 2.24) is 0 Å². The van der Waals surface area contributed by atoms with Gasteiger partial charge in [-0.05, 0) is 42.2 Å². The highest BCUT2D eigenvalue weighted by Crippen LogP contribution is 2.20. The number of hydrogen-bond donors (Lipinski definition) is 0. The normalized spacial score (nSPS) is 11.8. The van der Waals surface area contributed by atoms with Crippen LogP contribution in [0.4, 0.5) is 0 Å². The molecule has 0 bridgehead atoms. The van der Waals surface area contributed by atoms with Gasteiger partial charge in [-0.1, -0.05) is 43.0 Å². The van der Waals surface area contributed by atoms with Gasteiger partial charge in [-0.2, -0.15) is 11.8 Å². The Bertz CT molecular complexity index is 812. The maximum Gasteiger partial charge on any atom is 0.339 e.